The van der Waals surface area contributed by atoms with E-state index in [0.29, 0.717) is 27.9 Å². The second kappa shape index (κ2) is 9.93. The van der Waals surface area contributed by atoms with Gasteiger partial charge in [0.25, 0.3) is 15.9 Å². The fraction of sp³-hybridized carbons (Fsp3) is 0.174. The quantitative estimate of drug-likeness (QED) is 0.505. The lowest BCUT2D eigenvalue weighted by atomic mass is 10.2. The summed E-state index contributed by atoms with van der Waals surface area (Å²) in [6, 6.07) is 17.7. The highest BCUT2D eigenvalue weighted by atomic mass is 35.5. The van der Waals surface area contributed by atoms with Crippen molar-refractivity contribution in [3.8, 4) is 11.5 Å². The summed E-state index contributed by atoms with van der Waals surface area (Å²) in [5, 5.41) is 3.05. The van der Waals surface area contributed by atoms with Gasteiger partial charge in [-0.1, -0.05) is 35.9 Å². The maximum atomic E-state index is 13.3. The average Bonchev–Trinajstić information content (AvgIpc) is 2.81. The van der Waals surface area contributed by atoms with Crippen LogP contribution in [0, 0.1) is 0 Å². The van der Waals surface area contributed by atoms with E-state index in [9.17, 15) is 13.2 Å². The molecule has 0 unspecified atom stereocenters. The summed E-state index contributed by atoms with van der Waals surface area (Å²) in [5.74, 6) is 0.196. The monoisotopic (exact) mass is 474 g/mol. The molecule has 3 aromatic rings. The van der Waals surface area contributed by atoms with E-state index in [0.717, 1.165) is 0 Å². The van der Waals surface area contributed by atoms with Gasteiger partial charge in [-0.3, -0.25) is 9.10 Å². The Bertz CT molecular complexity index is 1220. The van der Waals surface area contributed by atoms with E-state index in [4.69, 9.17) is 21.1 Å². The van der Waals surface area contributed by atoms with Gasteiger partial charge in [-0.15, -0.1) is 0 Å². The largest absolute Gasteiger partial charge is 0.495 e. The molecule has 168 valence electrons. The molecule has 0 heterocycles. The fourth-order valence-corrected chi connectivity index (χ4v) is 4.91. The highest BCUT2D eigenvalue weighted by Crippen LogP contribution is 2.36. The Morgan fingerprint density at radius 1 is 0.969 bits per heavy atom. The number of carbonyl (C=O) groups is 1. The summed E-state index contributed by atoms with van der Waals surface area (Å²) in [5.41, 5.74) is 1.06. The molecule has 1 N–H and O–H groups in total. The minimum absolute atomic E-state index is 0.0107. The number of methoxy groups -OCH3 is 2. The number of sulfonamides is 1. The molecule has 9 heteroatoms. The van der Waals surface area contributed by atoms with E-state index in [-0.39, 0.29) is 17.0 Å². The maximum Gasteiger partial charge on any atom is 0.264 e. The third-order valence-corrected chi connectivity index (χ3v) is 6.93. The zero-order valence-electron chi connectivity index (χ0n) is 17.8. The number of benzene rings is 3. The van der Waals surface area contributed by atoms with Crippen LogP contribution < -0.4 is 19.1 Å². The summed E-state index contributed by atoms with van der Waals surface area (Å²) < 4.78 is 38.3. The molecule has 0 aliphatic carbocycles. The number of hydrogen-bond acceptors (Lipinski definition) is 5. The first-order valence-corrected chi connectivity index (χ1v) is 11.5. The van der Waals surface area contributed by atoms with Gasteiger partial charge in [0.05, 0.1) is 35.5 Å². The molecule has 0 bridgehead atoms. The Labute approximate surface area is 192 Å². The molecule has 32 heavy (non-hydrogen) atoms. The molecule has 0 saturated heterocycles. The lowest BCUT2D eigenvalue weighted by Crippen LogP contribution is -2.31. The van der Waals surface area contributed by atoms with Crippen molar-refractivity contribution < 1.29 is 22.7 Å². The number of carbonyl (C=O) groups excluding carboxylic acids is 1. The molecule has 0 spiro atoms. The average molecular weight is 475 g/mol. The van der Waals surface area contributed by atoms with E-state index in [2.05, 4.69) is 5.32 Å². The van der Waals surface area contributed by atoms with Gasteiger partial charge in [-0.2, -0.15) is 0 Å². The summed E-state index contributed by atoms with van der Waals surface area (Å²) in [4.78, 5) is 12.9. The third kappa shape index (κ3) is 4.81. The number of halogens is 1. The molecular weight excluding hydrogens is 452 g/mol. The predicted octanol–water partition coefficient (Wildman–Crippen LogP) is 4.82. The van der Waals surface area contributed by atoms with Gasteiger partial charge < -0.3 is 14.8 Å². The van der Waals surface area contributed by atoms with Crippen LogP contribution in [0.1, 0.15) is 17.3 Å². The number of hydrogen-bond donors (Lipinski definition) is 1. The number of ether oxygens (including phenoxy) is 2. The smallest absolute Gasteiger partial charge is 0.264 e. The second-order valence-corrected chi connectivity index (χ2v) is 8.94. The minimum atomic E-state index is -3.87. The van der Waals surface area contributed by atoms with Gasteiger partial charge in [0, 0.05) is 24.2 Å². The molecule has 0 aliphatic rings. The molecule has 0 radical (unpaired) electrons. The first-order chi connectivity index (χ1) is 15.3. The molecule has 7 nitrogen and oxygen atoms in total. The van der Waals surface area contributed by atoms with Crippen molar-refractivity contribution in [2.24, 2.45) is 0 Å². The number of nitrogens with one attached hydrogen (secondary N) is 1. The fourth-order valence-electron chi connectivity index (χ4n) is 3.16. The van der Waals surface area contributed by atoms with Gasteiger partial charge in [0.15, 0.2) is 0 Å². The maximum absolute atomic E-state index is 13.3. The van der Waals surface area contributed by atoms with Crippen LogP contribution >= 0.6 is 11.6 Å². The molecule has 0 fully saturated rings. The van der Waals surface area contributed by atoms with Crippen LogP contribution in [0.3, 0.4) is 0 Å². The van der Waals surface area contributed by atoms with Gasteiger partial charge in [-0.05, 0) is 37.3 Å². The highest BCUT2D eigenvalue weighted by molar-refractivity contribution is 7.92. The summed E-state index contributed by atoms with van der Waals surface area (Å²) >= 11 is 6.11. The molecule has 0 aromatic heterocycles. The number of para-hydroxylation sites is 1. The van der Waals surface area contributed by atoms with Crippen molar-refractivity contribution in [2.45, 2.75) is 11.8 Å². The zero-order valence-corrected chi connectivity index (χ0v) is 19.4. The third-order valence-electron chi connectivity index (χ3n) is 4.74. The van der Waals surface area contributed by atoms with Crippen molar-refractivity contribution in [1.29, 1.82) is 0 Å². The van der Waals surface area contributed by atoms with Crippen LogP contribution in [0.25, 0.3) is 0 Å². The molecule has 0 saturated carbocycles. The first kappa shape index (κ1) is 23.4. The SMILES string of the molecule is CCN(c1ccccc1)S(=O)(=O)c1cccc(C(=O)Nc2cc(OC)c(Cl)cc2OC)c1. The van der Waals surface area contributed by atoms with Gasteiger partial charge in [-0.25, -0.2) is 8.42 Å². The van der Waals surface area contributed by atoms with E-state index < -0.39 is 15.9 Å². The van der Waals surface area contributed by atoms with Crippen molar-refractivity contribution >= 4 is 38.9 Å². The molecule has 3 aromatic carbocycles. The number of anilines is 2. The van der Waals surface area contributed by atoms with Crippen molar-refractivity contribution in [3.63, 3.8) is 0 Å². The Morgan fingerprint density at radius 3 is 2.28 bits per heavy atom. The number of amides is 1. The van der Waals surface area contributed by atoms with Crippen LogP contribution in [0.5, 0.6) is 11.5 Å². The van der Waals surface area contributed by atoms with Crippen LogP contribution in [-0.2, 0) is 10.0 Å². The van der Waals surface area contributed by atoms with Gasteiger partial charge >= 0.3 is 0 Å². The molecule has 1 amide bonds. The predicted molar refractivity (Wildman–Crippen MR) is 126 cm³/mol. The standard InChI is InChI=1S/C23H23ClN2O5S/c1-4-26(17-10-6-5-7-11-17)32(28,29)18-12-8-9-16(13-18)23(27)25-20-15-21(30-2)19(24)14-22(20)31-3/h5-15H,4H2,1-3H3,(H,25,27). The minimum Gasteiger partial charge on any atom is -0.495 e. The van der Waals surface area contributed by atoms with E-state index in [1.807, 2.05) is 6.07 Å². The Kier molecular flexibility index (Phi) is 7.27. The lowest BCUT2D eigenvalue weighted by Gasteiger charge is -2.23. The van der Waals surface area contributed by atoms with Gasteiger partial charge in [0.2, 0.25) is 0 Å². The van der Waals surface area contributed by atoms with Crippen molar-refractivity contribution in [3.05, 3.63) is 77.3 Å². The first-order valence-electron chi connectivity index (χ1n) is 9.72. The number of rotatable bonds is 8. The molecule has 0 aliphatic heterocycles. The normalized spacial score (nSPS) is 11.0. The van der Waals surface area contributed by atoms with Gasteiger partial charge in [0.1, 0.15) is 11.5 Å². The van der Waals surface area contributed by atoms with Crippen LogP contribution in [0.4, 0.5) is 11.4 Å². The molecular formula is C23H23ClN2O5S. The van der Waals surface area contributed by atoms with Crippen LogP contribution in [0.15, 0.2) is 71.6 Å². The van der Waals surface area contributed by atoms with E-state index in [1.165, 1.54) is 54.9 Å². The topological polar surface area (TPSA) is 84.9 Å². The molecule has 0 atom stereocenters. The molecule has 3 rings (SSSR count). The lowest BCUT2D eigenvalue weighted by molar-refractivity contribution is 0.102. The van der Waals surface area contributed by atoms with E-state index >= 15 is 0 Å². The summed E-state index contributed by atoms with van der Waals surface area (Å²) in [6.45, 7) is 1.99. The Balaban J connectivity index is 1.93. The summed E-state index contributed by atoms with van der Waals surface area (Å²) in [7, 11) is -0.964. The Morgan fingerprint density at radius 2 is 1.66 bits per heavy atom. The van der Waals surface area contributed by atoms with Crippen LogP contribution in [0.2, 0.25) is 5.02 Å². The van der Waals surface area contributed by atoms with Crippen LogP contribution in [-0.4, -0.2) is 35.1 Å². The summed E-state index contributed by atoms with van der Waals surface area (Å²) in [6.07, 6.45) is 0. The van der Waals surface area contributed by atoms with Crippen molar-refractivity contribution in [2.75, 3.05) is 30.4 Å². The van der Waals surface area contributed by atoms with Crippen molar-refractivity contribution in [1.82, 2.24) is 0 Å². The number of nitrogens with zero attached hydrogens (tertiary/aromatic N) is 1. The zero-order chi connectivity index (χ0) is 23.3. The highest BCUT2D eigenvalue weighted by Gasteiger charge is 2.24. The second-order valence-electron chi connectivity index (χ2n) is 6.67. The van der Waals surface area contributed by atoms with E-state index in [1.54, 1.807) is 31.2 Å². The Hall–Kier alpha value is -3.23.